The first kappa shape index (κ1) is 15.2. The summed E-state index contributed by atoms with van der Waals surface area (Å²) in [6.07, 6.45) is -0.643. The third-order valence-corrected chi connectivity index (χ3v) is 3.32. The van der Waals surface area contributed by atoms with Gasteiger partial charge in [0, 0.05) is 5.69 Å². The van der Waals surface area contributed by atoms with E-state index in [0.29, 0.717) is 16.0 Å². The molecule has 0 fully saturated rings. The predicted molar refractivity (Wildman–Crippen MR) is 79.0 cm³/mol. The second-order valence-corrected chi connectivity index (χ2v) is 6.41. The minimum Gasteiger partial charge on any atom is -0.478 e. The fraction of sp³-hybridized carbons (Fsp3) is 0.385. The highest BCUT2D eigenvalue weighted by Gasteiger charge is 2.19. The van der Waals surface area contributed by atoms with Crippen molar-refractivity contribution in [1.82, 2.24) is 9.97 Å². The van der Waals surface area contributed by atoms with Gasteiger partial charge in [-0.2, -0.15) is 4.98 Å². The lowest BCUT2D eigenvalue weighted by Crippen LogP contribution is -2.27. The Hall–Kier alpha value is -2.22. The molecule has 2 aromatic rings. The number of thiazole rings is 1. The number of carbonyl (C=O) groups is 2. The number of nitrogens with one attached hydrogen (secondary N) is 1. The van der Waals surface area contributed by atoms with Gasteiger partial charge >= 0.3 is 12.1 Å². The average molecular weight is 309 g/mol. The van der Waals surface area contributed by atoms with Crippen LogP contribution in [-0.2, 0) is 4.74 Å². The molecule has 0 bridgehead atoms. The van der Waals surface area contributed by atoms with Gasteiger partial charge in [0.1, 0.15) is 5.60 Å². The number of carbonyl (C=O) groups excluding carboxylic acids is 1. The van der Waals surface area contributed by atoms with Gasteiger partial charge in [0.2, 0.25) is 0 Å². The molecule has 0 aliphatic heterocycles. The van der Waals surface area contributed by atoms with Crippen molar-refractivity contribution in [1.29, 1.82) is 0 Å². The van der Waals surface area contributed by atoms with Gasteiger partial charge in [0.25, 0.3) is 0 Å². The molecule has 0 aromatic carbocycles. The molecule has 0 aliphatic rings. The summed E-state index contributed by atoms with van der Waals surface area (Å²) in [5, 5.41) is 11.9. The lowest BCUT2D eigenvalue weighted by molar-refractivity contribution is 0.0634. The molecule has 21 heavy (non-hydrogen) atoms. The van der Waals surface area contributed by atoms with Crippen molar-refractivity contribution in [2.45, 2.75) is 33.3 Å². The summed E-state index contributed by atoms with van der Waals surface area (Å²) in [5.41, 5.74) is 0.340. The van der Waals surface area contributed by atoms with Gasteiger partial charge in [-0.3, -0.25) is 5.32 Å². The molecule has 0 spiro atoms. The molecule has 0 aliphatic carbocycles. The number of carboxylic acid groups (broad SMARTS) is 1. The Morgan fingerprint density at radius 2 is 2.00 bits per heavy atom. The van der Waals surface area contributed by atoms with Gasteiger partial charge in [0.15, 0.2) is 10.8 Å². The third kappa shape index (κ3) is 3.66. The van der Waals surface area contributed by atoms with Gasteiger partial charge in [-0.1, -0.05) is 11.3 Å². The van der Waals surface area contributed by atoms with Crippen LogP contribution in [0.4, 0.5) is 9.93 Å². The molecule has 8 heteroatoms. The van der Waals surface area contributed by atoms with E-state index in [0.717, 1.165) is 11.3 Å². The van der Waals surface area contributed by atoms with E-state index in [4.69, 9.17) is 4.74 Å². The van der Waals surface area contributed by atoms with Crippen molar-refractivity contribution >= 4 is 38.9 Å². The van der Waals surface area contributed by atoms with Crippen LogP contribution < -0.4 is 5.32 Å². The van der Waals surface area contributed by atoms with Crippen molar-refractivity contribution in [2.24, 2.45) is 0 Å². The summed E-state index contributed by atoms with van der Waals surface area (Å²) in [7, 11) is 0. The highest BCUT2D eigenvalue weighted by atomic mass is 32.1. The van der Waals surface area contributed by atoms with E-state index in [1.54, 1.807) is 27.7 Å². The van der Waals surface area contributed by atoms with Gasteiger partial charge < -0.3 is 9.84 Å². The molecule has 0 atom stereocenters. The van der Waals surface area contributed by atoms with Gasteiger partial charge in [0.05, 0.1) is 10.3 Å². The van der Waals surface area contributed by atoms with Crippen LogP contribution in [0.2, 0.25) is 0 Å². The number of aryl methyl sites for hydroxylation is 1. The molecule has 2 heterocycles. The SMILES string of the molecule is Cc1cc(C(=O)O)c2sc(NC(=O)OC(C)(C)C)nc2n1. The van der Waals surface area contributed by atoms with Crippen molar-refractivity contribution < 1.29 is 19.4 Å². The lowest BCUT2D eigenvalue weighted by Gasteiger charge is -2.18. The van der Waals surface area contributed by atoms with Gasteiger partial charge in [-0.25, -0.2) is 14.6 Å². The number of amides is 1. The van der Waals surface area contributed by atoms with Gasteiger partial charge in [-0.05, 0) is 33.8 Å². The maximum Gasteiger partial charge on any atom is 0.413 e. The van der Waals surface area contributed by atoms with Crippen LogP contribution in [0.3, 0.4) is 0 Å². The Kier molecular flexibility index (Phi) is 3.82. The summed E-state index contributed by atoms with van der Waals surface area (Å²) in [6.45, 7) is 6.93. The maximum atomic E-state index is 11.7. The van der Waals surface area contributed by atoms with E-state index in [1.807, 2.05) is 0 Å². The van der Waals surface area contributed by atoms with Crippen LogP contribution in [0.15, 0.2) is 6.07 Å². The molecule has 2 N–H and O–H groups in total. The van der Waals surface area contributed by atoms with Crippen molar-refractivity contribution in [2.75, 3.05) is 5.32 Å². The monoisotopic (exact) mass is 309 g/mol. The third-order valence-electron chi connectivity index (χ3n) is 2.33. The number of carboxylic acids is 1. The number of hydrogen-bond acceptors (Lipinski definition) is 6. The molecule has 0 radical (unpaired) electrons. The van der Waals surface area contributed by atoms with Crippen LogP contribution in [0.5, 0.6) is 0 Å². The number of ether oxygens (including phenoxy) is 1. The minimum absolute atomic E-state index is 0.118. The van der Waals surface area contributed by atoms with E-state index in [-0.39, 0.29) is 10.7 Å². The summed E-state index contributed by atoms with van der Waals surface area (Å²) in [4.78, 5) is 31.2. The first-order chi connectivity index (χ1) is 9.65. The zero-order valence-corrected chi connectivity index (χ0v) is 12.9. The summed E-state index contributed by atoms with van der Waals surface area (Å²) < 4.78 is 5.53. The normalized spacial score (nSPS) is 11.4. The number of aromatic carboxylic acids is 1. The number of aromatic nitrogens is 2. The molecule has 2 rings (SSSR count). The zero-order valence-electron chi connectivity index (χ0n) is 12.1. The second-order valence-electron chi connectivity index (χ2n) is 5.41. The first-order valence-electron chi connectivity index (χ1n) is 6.17. The largest absolute Gasteiger partial charge is 0.478 e. The van der Waals surface area contributed by atoms with Crippen molar-refractivity contribution in [3.05, 3.63) is 17.3 Å². The fourth-order valence-corrected chi connectivity index (χ4v) is 2.54. The fourth-order valence-electron chi connectivity index (χ4n) is 1.64. The van der Waals surface area contributed by atoms with Crippen LogP contribution >= 0.6 is 11.3 Å². The topological polar surface area (TPSA) is 101 Å². The van der Waals surface area contributed by atoms with E-state index in [2.05, 4.69) is 15.3 Å². The maximum absolute atomic E-state index is 11.7. The van der Waals surface area contributed by atoms with Crippen LogP contribution in [0.25, 0.3) is 10.3 Å². The first-order valence-corrected chi connectivity index (χ1v) is 6.99. The Bertz CT molecular complexity index is 718. The molecule has 0 unspecified atom stereocenters. The van der Waals surface area contributed by atoms with E-state index in [1.165, 1.54) is 6.07 Å². The van der Waals surface area contributed by atoms with E-state index in [9.17, 15) is 14.7 Å². The average Bonchev–Trinajstić information content (AvgIpc) is 2.66. The zero-order chi connectivity index (χ0) is 15.8. The standard InChI is InChI=1S/C13H15N3O4S/c1-6-5-7(10(17)18)8-9(14-6)15-11(21-8)16-12(19)20-13(2,3)4/h5H,1-4H3,(H,17,18)(H,14,15,16,19). The van der Waals surface area contributed by atoms with Crippen molar-refractivity contribution in [3.63, 3.8) is 0 Å². The highest BCUT2D eigenvalue weighted by Crippen LogP contribution is 2.28. The van der Waals surface area contributed by atoms with Crippen molar-refractivity contribution in [3.8, 4) is 0 Å². The van der Waals surface area contributed by atoms with Crippen LogP contribution in [0.1, 0.15) is 36.8 Å². The van der Waals surface area contributed by atoms with E-state index >= 15 is 0 Å². The molecule has 2 aromatic heterocycles. The summed E-state index contributed by atoms with van der Waals surface area (Å²) >= 11 is 1.05. The number of anilines is 1. The minimum atomic E-state index is -1.06. The molecule has 7 nitrogen and oxygen atoms in total. The quantitative estimate of drug-likeness (QED) is 0.884. The molecule has 1 amide bonds. The number of rotatable bonds is 2. The van der Waals surface area contributed by atoms with E-state index < -0.39 is 17.7 Å². The number of nitrogens with zero attached hydrogens (tertiary/aromatic N) is 2. The van der Waals surface area contributed by atoms with Gasteiger partial charge in [-0.15, -0.1) is 0 Å². The second kappa shape index (κ2) is 5.28. The molecule has 112 valence electrons. The summed E-state index contributed by atoms with van der Waals surface area (Å²) in [6, 6.07) is 1.47. The van der Waals surface area contributed by atoms with Crippen LogP contribution in [-0.4, -0.2) is 32.7 Å². The molecule has 0 saturated heterocycles. The predicted octanol–water partition coefficient (Wildman–Crippen LogP) is 3.04. The molecule has 0 saturated carbocycles. The Morgan fingerprint density at radius 3 is 2.57 bits per heavy atom. The molecular weight excluding hydrogens is 294 g/mol. The Morgan fingerprint density at radius 1 is 1.33 bits per heavy atom. The number of hydrogen-bond donors (Lipinski definition) is 2. The Labute approximate surface area is 125 Å². The Balaban J connectivity index is 2.33. The molecular formula is C13H15N3O4S. The lowest BCUT2D eigenvalue weighted by atomic mass is 10.2. The highest BCUT2D eigenvalue weighted by molar-refractivity contribution is 7.22. The number of pyridine rings is 1. The smallest absolute Gasteiger partial charge is 0.413 e. The number of fused-ring (bicyclic) bond motifs is 1. The summed E-state index contributed by atoms with van der Waals surface area (Å²) in [5.74, 6) is -1.06. The van der Waals surface area contributed by atoms with Crippen LogP contribution in [0, 0.1) is 6.92 Å².